The van der Waals surface area contributed by atoms with Crippen LogP contribution in [0.25, 0.3) is 0 Å². The van der Waals surface area contributed by atoms with Crippen molar-refractivity contribution in [2.45, 2.75) is 12.4 Å². The van der Waals surface area contributed by atoms with E-state index in [4.69, 9.17) is 0 Å². The van der Waals surface area contributed by atoms with Crippen molar-refractivity contribution in [1.82, 2.24) is 0 Å². The minimum Gasteiger partial charge on any atom is -0.167 e. The van der Waals surface area contributed by atoms with Crippen LogP contribution in [0.15, 0.2) is 24.3 Å². The van der Waals surface area contributed by atoms with Crippen LogP contribution in [0.3, 0.4) is 0 Å². The van der Waals surface area contributed by atoms with Gasteiger partial charge in [-0.1, -0.05) is 11.8 Å². The van der Waals surface area contributed by atoms with E-state index in [2.05, 4.69) is 0 Å². The van der Waals surface area contributed by atoms with Gasteiger partial charge in [0.15, 0.2) is 0 Å². The Hall–Kier alpha value is -1.38. The van der Waals surface area contributed by atoms with E-state index in [1.807, 2.05) is 0 Å². The first-order chi connectivity index (χ1) is 6.21. The zero-order chi connectivity index (χ0) is 11.2. The van der Waals surface area contributed by atoms with Gasteiger partial charge in [-0.05, 0) is 12.2 Å². The number of hydrogen-bond acceptors (Lipinski definition) is 0. The molecule has 0 heterocycles. The Morgan fingerprint density at radius 2 is 0.929 bits per heavy atom. The second-order valence-electron chi connectivity index (χ2n) is 2.04. The SMILES string of the molecule is FC(F)(F)C=CC#CC=CC(F)(F)F. The minimum absolute atomic E-state index is 0.165. The predicted molar refractivity (Wildman–Crippen MR) is 38.2 cm³/mol. The fourth-order valence-electron chi connectivity index (χ4n) is 0.369. The van der Waals surface area contributed by atoms with E-state index in [-0.39, 0.29) is 12.2 Å². The highest BCUT2D eigenvalue weighted by atomic mass is 19.4. The third-order valence-electron chi connectivity index (χ3n) is 0.795. The smallest absolute Gasteiger partial charge is 0.167 e. The van der Waals surface area contributed by atoms with Crippen molar-refractivity contribution in [3.05, 3.63) is 24.3 Å². The molecule has 0 aliphatic carbocycles. The van der Waals surface area contributed by atoms with Crippen molar-refractivity contribution in [2.24, 2.45) is 0 Å². The lowest BCUT2D eigenvalue weighted by Crippen LogP contribution is -2.00. The number of hydrogen-bond donors (Lipinski definition) is 0. The topological polar surface area (TPSA) is 0 Å². The van der Waals surface area contributed by atoms with Gasteiger partial charge < -0.3 is 0 Å². The third-order valence-corrected chi connectivity index (χ3v) is 0.795. The number of rotatable bonds is 0. The summed E-state index contributed by atoms with van der Waals surface area (Å²) in [6.45, 7) is 0. The summed E-state index contributed by atoms with van der Waals surface area (Å²) in [5, 5.41) is 0. The van der Waals surface area contributed by atoms with Gasteiger partial charge in [0.25, 0.3) is 0 Å². The van der Waals surface area contributed by atoms with E-state index in [1.54, 1.807) is 11.8 Å². The van der Waals surface area contributed by atoms with Gasteiger partial charge >= 0.3 is 12.4 Å². The maximum Gasteiger partial charge on any atom is 0.410 e. The van der Waals surface area contributed by atoms with Gasteiger partial charge in [-0.15, -0.1) is 0 Å². The normalized spacial score (nSPS) is 13.3. The molecule has 0 radical (unpaired) electrons. The summed E-state index contributed by atoms with van der Waals surface area (Å²) in [5.74, 6) is 3.55. The lowest BCUT2D eigenvalue weighted by Gasteiger charge is -1.94. The summed E-state index contributed by atoms with van der Waals surface area (Å²) < 4.78 is 68.4. The molecule has 0 atom stereocenters. The first-order valence-electron chi connectivity index (χ1n) is 3.21. The highest BCUT2D eigenvalue weighted by Crippen LogP contribution is 2.16. The van der Waals surface area contributed by atoms with Crippen LogP contribution in [0.1, 0.15) is 0 Å². The van der Waals surface area contributed by atoms with Crippen molar-refractivity contribution in [3.8, 4) is 11.8 Å². The molecule has 0 aromatic rings. The van der Waals surface area contributed by atoms with Crippen LogP contribution >= 0.6 is 0 Å². The van der Waals surface area contributed by atoms with E-state index < -0.39 is 12.4 Å². The molecule has 14 heavy (non-hydrogen) atoms. The average Bonchev–Trinajstić information content (AvgIpc) is 1.92. The summed E-state index contributed by atoms with van der Waals surface area (Å²) in [6.07, 6.45) is -8.46. The summed E-state index contributed by atoms with van der Waals surface area (Å²) in [6, 6.07) is 0. The van der Waals surface area contributed by atoms with E-state index in [0.29, 0.717) is 12.2 Å². The van der Waals surface area contributed by atoms with Crippen molar-refractivity contribution in [1.29, 1.82) is 0 Å². The Bertz CT molecular complexity index is 252. The van der Waals surface area contributed by atoms with Crippen molar-refractivity contribution < 1.29 is 26.3 Å². The molecule has 0 amide bonds. The number of allylic oxidation sites excluding steroid dienone is 4. The zero-order valence-electron chi connectivity index (χ0n) is 6.58. The maximum atomic E-state index is 11.4. The van der Waals surface area contributed by atoms with Crippen LogP contribution in [-0.2, 0) is 0 Å². The molecule has 0 aromatic heterocycles. The van der Waals surface area contributed by atoms with Gasteiger partial charge in [0, 0.05) is 12.2 Å². The molecule has 0 aromatic carbocycles. The molecule has 0 saturated carbocycles. The fraction of sp³-hybridized carbons (Fsp3) is 0.250. The standard InChI is InChI=1S/C8H4F6/c9-7(10,11)5-3-1-2-4-6-8(12,13)14/h3-6H. The fourth-order valence-corrected chi connectivity index (χ4v) is 0.369. The van der Waals surface area contributed by atoms with Gasteiger partial charge in [-0.3, -0.25) is 0 Å². The molecule has 0 rings (SSSR count). The highest BCUT2D eigenvalue weighted by Gasteiger charge is 2.22. The van der Waals surface area contributed by atoms with Gasteiger partial charge in [0.05, 0.1) is 0 Å². The Morgan fingerprint density at radius 3 is 1.14 bits per heavy atom. The lowest BCUT2D eigenvalue weighted by atomic mass is 10.4. The van der Waals surface area contributed by atoms with Crippen molar-refractivity contribution in [2.75, 3.05) is 0 Å². The molecule has 0 bridgehead atoms. The molecule has 0 fully saturated rings. The minimum atomic E-state index is -4.50. The van der Waals surface area contributed by atoms with Crippen molar-refractivity contribution in [3.63, 3.8) is 0 Å². The Kier molecular flexibility index (Phi) is 4.28. The van der Waals surface area contributed by atoms with E-state index in [0.717, 1.165) is 0 Å². The molecule has 0 aliphatic heterocycles. The summed E-state index contributed by atoms with van der Waals surface area (Å²) in [5.41, 5.74) is 0. The van der Waals surface area contributed by atoms with Crippen molar-refractivity contribution >= 4 is 0 Å². The summed E-state index contributed by atoms with van der Waals surface area (Å²) in [4.78, 5) is 0. The van der Waals surface area contributed by atoms with E-state index >= 15 is 0 Å². The second kappa shape index (κ2) is 4.74. The molecule has 0 nitrogen and oxygen atoms in total. The van der Waals surface area contributed by atoms with Gasteiger partial charge in [0.1, 0.15) is 0 Å². The molecule has 0 spiro atoms. The van der Waals surface area contributed by atoms with Gasteiger partial charge in [0.2, 0.25) is 0 Å². The van der Waals surface area contributed by atoms with Crippen LogP contribution in [-0.4, -0.2) is 12.4 Å². The van der Waals surface area contributed by atoms with Crippen LogP contribution in [0.4, 0.5) is 26.3 Å². The molecule has 0 unspecified atom stereocenters. The molecule has 6 heteroatoms. The average molecular weight is 214 g/mol. The molecular weight excluding hydrogens is 210 g/mol. The van der Waals surface area contributed by atoms with Crippen LogP contribution in [0, 0.1) is 11.8 Å². The number of alkyl halides is 6. The first-order valence-corrected chi connectivity index (χ1v) is 3.21. The van der Waals surface area contributed by atoms with E-state index in [9.17, 15) is 26.3 Å². The molecule has 0 aliphatic rings. The van der Waals surface area contributed by atoms with Gasteiger partial charge in [-0.2, -0.15) is 26.3 Å². The maximum absolute atomic E-state index is 11.4. The Labute approximate surface area is 75.9 Å². The second-order valence-corrected chi connectivity index (χ2v) is 2.04. The first kappa shape index (κ1) is 12.6. The van der Waals surface area contributed by atoms with Gasteiger partial charge in [-0.25, -0.2) is 0 Å². The highest BCUT2D eigenvalue weighted by molar-refractivity contribution is 5.24. The Balaban J connectivity index is 4.10. The molecule has 78 valence electrons. The number of halogens is 6. The van der Waals surface area contributed by atoms with Crippen LogP contribution < -0.4 is 0 Å². The predicted octanol–water partition coefficient (Wildman–Crippen LogP) is 3.23. The van der Waals surface area contributed by atoms with Crippen LogP contribution in [0.5, 0.6) is 0 Å². The quantitative estimate of drug-likeness (QED) is 0.429. The van der Waals surface area contributed by atoms with Crippen LogP contribution in [0.2, 0.25) is 0 Å². The molecular formula is C8H4F6. The summed E-state index contributed by atoms with van der Waals surface area (Å²) >= 11 is 0. The molecule has 0 N–H and O–H groups in total. The monoisotopic (exact) mass is 214 g/mol. The zero-order valence-corrected chi connectivity index (χ0v) is 6.58. The third kappa shape index (κ3) is 10.6. The summed E-state index contributed by atoms with van der Waals surface area (Å²) in [7, 11) is 0. The largest absolute Gasteiger partial charge is 0.410 e. The Morgan fingerprint density at radius 1 is 0.643 bits per heavy atom. The molecule has 0 saturated heterocycles. The van der Waals surface area contributed by atoms with E-state index in [1.165, 1.54) is 0 Å². The lowest BCUT2D eigenvalue weighted by molar-refractivity contribution is -0.0807.